The summed E-state index contributed by atoms with van der Waals surface area (Å²) in [5.41, 5.74) is 2.78. The number of fused-ring (bicyclic) bond motifs is 1. The standard InChI is InChI=1S/C13H11ClN4/c1-17(11-6-4-5-10(14)9-11)18-13-8-3-2-7-12(13)15-16-18/h2-9H,1H3. The number of rotatable bonds is 2. The van der Waals surface area contributed by atoms with Gasteiger partial charge < -0.3 is 0 Å². The third-order valence-corrected chi connectivity index (χ3v) is 3.04. The van der Waals surface area contributed by atoms with Gasteiger partial charge >= 0.3 is 0 Å². The third-order valence-electron chi connectivity index (χ3n) is 2.80. The van der Waals surface area contributed by atoms with E-state index in [4.69, 9.17) is 11.6 Å². The molecule has 3 rings (SSSR count). The summed E-state index contributed by atoms with van der Waals surface area (Å²) in [6.07, 6.45) is 0. The number of anilines is 1. The molecule has 0 amide bonds. The van der Waals surface area contributed by atoms with E-state index in [0.717, 1.165) is 16.7 Å². The van der Waals surface area contributed by atoms with Crippen LogP contribution in [-0.2, 0) is 0 Å². The summed E-state index contributed by atoms with van der Waals surface area (Å²) in [5, 5.41) is 10.9. The van der Waals surface area contributed by atoms with Crippen LogP contribution in [0.3, 0.4) is 0 Å². The van der Waals surface area contributed by atoms with Gasteiger partial charge in [-0.25, -0.2) is 0 Å². The van der Waals surface area contributed by atoms with E-state index in [1.54, 1.807) is 4.79 Å². The van der Waals surface area contributed by atoms with E-state index in [2.05, 4.69) is 10.3 Å². The quantitative estimate of drug-likeness (QED) is 0.709. The SMILES string of the molecule is CN(c1cccc(Cl)c1)n1nnc2ccccc21. The highest BCUT2D eigenvalue weighted by molar-refractivity contribution is 6.30. The van der Waals surface area contributed by atoms with E-state index in [9.17, 15) is 0 Å². The number of aromatic nitrogens is 3. The van der Waals surface area contributed by atoms with Crippen LogP contribution in [0, 0.1) is 0 Å². The Kier molecular flexibility index (Phi) is 2.64. The summed E-state index contributed by atoms with van der Waals surface area (Å²) < 4.78 is 0. The van der Waals surface area contributed by atoms with Crippen molar-refractivity contribution < 1.29 is 0 Å². The van der Waals surface area contributed by atoms with Gasteiger partial charge in [-0.2, -0.15) is 4.79 Å². The Hall–Kier alpha value is -2.07. The maximum atomic E-state index is 6.00. The van der Waals surface area contributed by atoms with Gasteiger partial charge in [-0.05, 0) is 35.5 Å². The van der Waals surface area contributed by atoms with Crippen LogP contribution in [-0.4, -0.2) is 22.2 Å². The third kappa shape index (κ3) is 1.80. The average molecular weight is 259 g/mol. The molecule has 0 radical (unpaired) electrons. The number of benzene rings is 2. The fourth-order valence-electron chi connectivity index (χ4n) is 1.86. The number of para-hydroxylation sites is 1. The van der Waals surface area contributed by atoms with Crippen LogP contribution in [0.25, 0.3) is 11.0 Å². The molecule has 1 heterocycles. The smallest absolute Gasteiger partial charge is 0.115 e. The van der Waals surface area contributed by atoms with Crippen molar-refractivity contribution in [2.24, 2.45) is 0 Å². The van der Waals surface area contributed by atoms with E-state index in [0.29, 0.717) is 5.02 Å². The molecule has 0 saturated carbocycles. The van der Waals surface area contributed by atoms with Crippen LogP contribution in [0.5, 0.6) is 0 Å². The Bertz CT molecular complexity index is 692. The molecule has 0 bridgehead atoms. The molecule has 0 aliphatic carbocycles. The molecule has 0 aliphatic heterocycles. The predicted octanol–water partition coefficient (Wildman–Crippen LogP) is 2.98. The van der Waals surface area contributed by atoms with Crippen molar-refractivity contribution in [1.82, 2.24) is 15.1 Å². The molecule has 0 unspecified atom stereocenters. The molecular formula is C13H11ClN4. The van der Waals surface area contributed by atoms with Gasteiger partial charge in [-0.3, -0.25) is 5.01 Å². The summed E-state index contributed by atoms with van der Waals surface area (Å²) in [5.74, 6) is 0. The van der Waals surface area contributed by atoms with Crippen LogP contribution in [0.4, 0.5) is 5.69 Å². The fraction of sp³-hybridized carbons (Fsp3) is 0.0769. The largest absolute Gasteiger partial charge is 0.266 e. The Labute approximate surface area is 109 Å². The molecule has 0 saturated heterocycles. The summed E-state index contributed by atoms with van der Waals surface area (Å²) in [7, 11) is 1.92. The molecule has 0 fully saturated rings. The normalized spacial score (nSPS) is 10.8. The fourth-order valence-corrected chi connectivity index (χ4v) is 2.05. The Morgan fingerprint density at radius 3 is 2.78 bits per heavy atom. The van der Waals surface area contributed by atoms with Gasteiger partial charge in [0, 0.05) is 12.1 Å². The Morgan fingerprint density at radius 2 is 1.94 bits per heavy atom. The molecule has 2 aromatic carbocycles. The van der Waals surface area contributed by atoms with Crippen molar-refractivity contribution in [2.45, 2.75) is 0 Å². The van der Waals surface area contributed by atoms with Crippen LogP contribution in [0.2, 0.25) is 5.02 Å². The lowest BCUT2D eigenvalue weighted by molar-refractivity contribution is 0.657. The lowest BCUT2D eigenvalue weighted by Crippen LogP contribution is -2.25. The van der Waals surface area contributed by atoms with E-state index in [-0.39, 0.29) is 0 Å². The van der Waals surface area contributed by atoms with Crippen LogP contribution in [0.1, 0.15) is 0 Å². The minimum absolute atomic E-state index is 0.698. The summed E-state index contributed by atoms with van der Waals surface area (Å²) >= 11 is 6.00. The van der Waals surface area contributed by atoms with Gasteiger partial charge in [0.2, 0.25) is 0 Å². The van der Waals surface area contributed by atoms with E-state index < -0.39 is 0 Å². The second kappa shape index (κ2) is 4.31. The van der Waals surface area contributed by atoms with E-state index >= 15 is 0 Å². The number of hydrogen-bond donors (Lipinski definition) is 0. The first-order chi connectivity index (χ1) is 8.75. The zero-order valence-corrected chi connectivity index (χ0v) is 10.5. The number of hydrogen-bond acceptors (Lipinski definition) is 3. The summed E-state index contributed by atoms with van der Waals surface area (Å²) in [6.45, 7) is 0. The van der Waals surface area contributed by atoms with Crippen molar-refractivity contribution in [3.8, 4) is 0 Å². The van der Waals surface area contributed by atoms with Crippen molar-refractivity contribution in [1.29, 1.82) is 0 Å². The first-order valence-corrected chi connectivity index (χ1v) is 5.93. The summed E-state index contributed by atoms with van der Waals surface area (Å²) in [6, 6.07) is 15.4. The monoisotopic (exact) mass is 258 g/mol. The number of halogens is 1. The molecule has 5 heteroatoms. The maximum Gasteiger partial charge on any atom is 0.115 e. The first kappa shape index (κ1) is 11.0. The van der Waals surface area contributed by atoms with Gasteiger partial charge in [0.1, 0.15) is 11.0 Å². The topological polar surface area (TPSA) is 34.0 Å². The zero-order valence-electron chi connectivity index (χ0n) is 9.79. The summed E-state index contributed by atoms with van der Waals surface area (Å²) in [4.78, 5) is 1.75. The molecule has 4 nitrogen and oxygen atoms in total. The molecule has 90 valence electrons. The predicted molar refractivity (Wildman–Crippen MR) is 72.8 cm³/mol. The second-order valence-corrected chi connectivity index (χ2v) is 4.41. The van der Waals surface area contributed by atoms with Crippen molar-refractivity contribution in [3.63, 3.8) is 0 Å². The molecule has 1 aromatic heterocycles. The highest BCUT2D eigenvalue weighted by Gasteiger charge is 2.09. The van der Waals surface area contributed by atoms with Crippen LogP contribution >= 0.6 is 11.6 Å². The molecule has 0 aliphatic rings. The Balaban J connectivity index is 2.09. The van der Waals surface area contributed by atoms with Crippen molar-refractivity contribution in [2.75, 3.05) is 12.1 Å². The van der Waals surface area contributed by atoms with Gasteiger partial charge in [0.05, 0.1) is 5.69 Å². The molecule has 18 heavy (non-hydrogen) atoms. The Morgan fingerprint density at radius 1 is 1.11 bits per heavy atom. The number of nitrogens with zero attached hydrogens (tertiary/aromatic N) is 4. The molecule has 0 atom stereocenters. The van der Waals surface area contributed by atoms with Crippen LogP contribution in [0.15, 0.2) is 48.5 Å². The highest BCUT2D eigenvalue weighted by atomic mass is 35.5. The van der Waals surface area contributed by atoms with Crippen molar-refractivity contribution >= 4 is 28.3 Å². The maximum absolute atomic E-state index is 6.00. The lowest BCUT2D eigenvalue weighted by Gasteiger charge is -2.19. The lowest BCUT2D eigenvalue weighted by atomic mass is 10.3. The van der Waals surface area contributed by atoms with E-state index in [1.165, 1.54) is 0 Å². The first-order valence-electron chi connectivity index (χ1n) is 5.56. The van der Waals surface area contributed by atoms with Crippen LogP contribution < -0.4 is 5.01 Å². The van der Waals surface area contributed by atoms with Gasteiger partial charge in [0.15, 0.2) is 0 Å². The minimum Gasteiger partial charge on any atom is -0.266 e. The molecule has 3 aromatic rings. The highest BCUT2D eigenvalue weighted by Crippen LogP contribution is 2.20. The van der Waals surface area contributed by atoms with Crippen molar-refractivity contribution in [3.05, 3.63) is 53.6 Å². The van der Waals surface area contributed by atoms with Gasteiger partial charge in [0.25, 0.3) is 0 Å². The minimum atomic E-state index is 0.698. The molecular weight excluding hydrogens is 248 g/mol. The van der Waals surface area contributed by atoms with Gasteiger partial charge in [-0.15, -0.1) is 5.10 Å². The molecule has 0 N–H and O–H groups in total. The molecule has 0 spiro atoms. The zero-order chi connectivity index (χ0) is 12.5. The second-order valence-electron chi connectivity index (χ2n) is 3.97. The van der Waals surface area contributed by atoms with E-state index in [1.807, 2.05) is 60.6 Å². The van der Waals surface area contributed by atoms with Gasteiger partial charge in [-0.1, -0.05) is 29.8 Å². The average Bonchev–Trinajstić information content (AvgIpc) is 2.82.